The van der Waals surface area contributed by atoms with Crippen LogP contribution in [0.2, 0.25) is 0 Å². The molecule has 1 heterocycles. The molecule has 1 aromatic carbocycles. The van der Waals surface area contributed by atoms with E-state index in [2.05, 4.69) is 43.0 Å². The number of hydrogen-bond donors (Lipinski definition) is 1. The van der Waals surface area contributed by atoms with Crippen LogP contribution in [0.25, 0.3) is 0 Å². The average Bonchev–Trinajstić information content (AvgIpc) is 2.34. The van der Waals surface area contributed by atoms with Crippen molar-refractivity contribution >= 4 is 5.69 Å². The van der Waals surface area contributed by atoms with Crippen molar-refractivity contribution in [2.45, 2.75) is 26.7 Å². The minimum absolute atomic E-state index is 0.734. The van der Waals surface area contributed by atoms with Crippen molar-refractivity contribution in [3.05, 3.63) is 29.8 Å². The van der Waals surface area contributed by atoms with E-state index in [1.165, 1.54) is 30.8 Å². The molecule has 17 heavy (non-hydrogen) atoms. The molecule has 0 bridgehead atoms. The number of nitrogens with two attached hydrogens (primary N) is 1. The summed E-state index contributed by atoms with van der Waals surface area (Å²) in [6, 6.07) is 8.91. The maximum absolute atomic E-state index is 5.56. The van der Waals surface area contributed by atoms with E-state index < -0.39 is 0 Å². The van der Waals surface area contributed by atoms with Gasteiger partial charge in [0, 0.05) is 18.8 Å². The van der Waals surface area contributed by atoms with Crippen LogP contribution in [-0.2, 0) is 6.42 Å². The standard InChI is InChI=1S/C15H24N2/c1-12-8-10-17(11-13(12)2)15-5-3-14(4-6-15)7-9-16/h3-6,12-13H,7-11,16H2,1-2H3. The molecule has 0 saturated carbocycles. The Morgan fingerprint density at radius 3 is 2.47 bits per heavy atom. The van der Waals surface area contributed by atoms with Crippen LogP contribution >= 0.6 is 0 Å². The summed E-state index contributed by atoms with van der Waals surface area (Å²) in [6.07, 6.45) is 2.29. The summed E-state index contributed by atoms with van der Waals surface area (Å²) >= 11 is 0. The number of nitrogens with zero attached hydrogens (tertiary/aromatic N) is 1. The Morgan fingerprint density at radius 2 is 1.88 bits per heavy atom. The first-order chi connectivity index (χ1) is 8.20. The lowest BCUT2D eigenvalue weighted by molar-refractivity contribution is 0.324. The molecule has 2 atom stereocenters. The zero-order valence-corrected chi connectivity index (χ0v) is 11.0. The molecule has 0 spiro atoms. The Labute approximate surface area is 105 Å². The largest absolute Gasteiger partial charge is 0.371 e. The average molecular weight is 232 g/mol. The molecule has 1 fully saturated rings. The maximum atomic E-state index is 5.56. The first kappa shape index (κ1) is 12.4. The van der Waals surface area contributed by atoms with Crippen molar-refractivity contribution in [2.24, 2.45) is 17.6 Å². The topological polar surface area (TPSA) is 29.3 Å². The number of rotatable bonds is 3. The Hall–Kier alpha value is -1.02. The van der Waals surface area contributed by atoms with E-state index in [1.54, 1.807) is 0 Å². The second kappa shape index (κ2) is 5.54. The summed E-state index contributed by atoms with van der Waals surface area (Å²) in [7, 11) is 0. The monoisotopic (exact) mass is 232 g/mol. The Morgan fingerprint density at radius 1 is 1.18 bits per heavy atom. The number of piperidine rings is 1. The Bertz CT molecular complexity index is 344. The zero-order valence-electron chi connectivity index (χ0n) is 11.0. The summed E-state index contributed by atoms with van der Waals surface area (Å²) < 4.78 is 0. The molecule has 2 nitrogen and oxygen atoms in total. The van der Waals surface area contributed by atoms with Crippen LogP contribution in [0.3, 0.4) is 0 Å². The summed E-state index contributed by atoms with van der Waals surface area (Å²) in [5, 5.41) is 0. The highest BCUT2D eigenvalue weighted by atomic mass is 15.1. The van der Waals surface area contributed by atoms with E-state index in [0.29, 0.717) is 0 Å². The van der Waals surface area contributed by atoms with Gasteiger partial charge >= 0.3 is 0 Å². The molecular formula is C15H24N2. The van der Waals surface area contributed by atoms with Gasteiger partial charge in [-0.05, 0) is 48.9 Å². The predicted octanol–water partition coefficient (Wildman–Crippen LogP) is 2.67. The lowest BCUT2D eigenvalue weighted by Crippen LogP contribution is -2.38. The molecule has 0 radical (unpaired) electrons. The highest BCUT2D eigenvalue weighted by molar-refractivity contribution is 5.48. The Kier molecular flexibility index (Phi) is 4.06. The van der Waals surface area contributed by atoms with Gasteiger partial charge in [-0.1, -0.05) is 26.0 Å². The third-order valence-electron chi connectivity index (χ3n) is 4.07. The van der Waals surface area contributed by atoms with E-state index in [-0.39, 0.29) is 0 Å². The molecule has 0 aromatic heterocycles. The maximum Gasteiger partial charge on any atom is 0.0366 e. The molecule has 1 saturated heterocycles. The predicted molar refractivity (Wildman–Crippen MR) is 74.4 cm³/mol. The van der Waals surface area contributed by atoms with Gasteiger partial charge in [-0.2, -0.15) is 0 Å². The van der Waals surface area contributed by atoms with Gasteiger partial charge in [0.15, 0.2) is 0 Å². The van der Waals surface area contributed by atoms with Crippen molar-refractivity contribution in [1.29, 1.82) is 0 Å². The van der Waals surface area contributed by atoms with Crippen molar-refractivity contribution in [2.75, 3.05) is 24.5 Å². The third-order valence-corrected chi connectivity index (χ3v) is 4.07. The van der Waals surface area contributed by atoms with Crippen LogP contribution in [-0.4, -0.2) is 19.6 Å². The fourth-order valence-corrected chi connectivity index (χ4v) is 2.54. The first-order valence-corrected chi connectivity index (χ1v) is 6.74. The quantitative estimate of drug-likeness (QED) is 0.868. The van der Waals surface area contributed by atoms with Crippen molar-refractivity contribution in [1.82, 2.24) is 0 Å². The van der Waals surface area contributed by atoms with E-state index >= 15 is 0 Å². The molecule has 2 rings (SSSR count). The fraction of sp³-hybridized carbons (Fsp3) is 0.600. The van der Waals surface area contributed by atoms with Gasteiger partial charge in [0.25, 0.3) is 0 Å². The highest BCUT2D eigenvalue weighted by Crippen LogP contribution is 2.27. The van der Waals surface area contributed by atoms with E-state index in [4.69, 9.17) is 5.73 Å². The van der Waals surface area contributed by atoms with Gasteiger partial charge in [0.2, 0.25) is 0 Å². The van der Waals surface area contributed by atoms with Gasteiger partial charge in [-0.25, -0.2) is 0 Å². The third kappa shape index (κ3) is 3.01. The number of hydrogen-bond acceptors (Lipinski definition) is 2. The van der Waals surface area contributed by atoms with Gasteiger partial charge in [-0.3, -0.25) is 0 Å². The second-order valence-corrected chi connectivity index (χ2v) is 5.39. The minimum atomic E-state index is 0.734. The van der Waals surface area contributed by atoms with Crippen LogP contribution in [0.4, 0.5) is 5.69 Å². The van der Waals surface area contributed by atoms with Crippen LogP contribution in [0, 0.1) is 11.8 Å². The fourth-order valence-electron chi connectivity index (χ4n) is 2.54. The van der Waals surface area contributed by atoms with Crippen LogP contribution in [0.15, 0.2) is 24.3 Å². The first-order valence-electron chi connectivity index (χ1n) is 6.74. The number of anilines is 1. The summed E-state index contributed by atoms with van der Waals surface area (Å²) in [5.74, 6) is 1.66. The minimum Gasteiger partial charge on any atom is -0.371 e. The molecule has 94 valence electrons. The second-order valence-electron chi connectivity index (χ2n) is 5.39. The lowest BCUT2D eigenvalue weighted by atomic mass is 9.88. The van der Waals surface area contributed by atoms with Gasteiger partial charge in [0.1, 0.15) is 0 Å². The van der Waals surface area contributed by atoms with Crippen molar-refractivity contribution in [3.8, 4) is 0 Å². The van der Waals surface area contributed by atoms with E-state index in [1.807, 2.05) is 0 Å². The highest BCUT2D eigenvalue weighted by Gasteiger charge is 2.22. The molecule has 1 aliphatic rings. The summed E-state index contributed by atoms with van der Waals surface area (Å²) in [6.45, 7) is 7.85. The molecule has 1 aliphatic heterocycles. The van der Waals surface area contributed by atoms with Crippen LogP contribution in [0.5, 0.6) is 0 Å². The Balaban J connectivity index is 2.02. The zero-order chi connectivity index (χ0) is 12.3. The molecule has 0 amide bonds. The number of benzene rings is 1. The lowest BCUT2D eigenvalue weighted by Gasteiger charge is -2.36. The molecular weight excluding hydrogens is 208 g/mol. The normalized spacial score (nSPS) is 25.0. The van der Waals surface area contributed by atoms with Gasteiger partial charge < -0.3 is 10.6 Å². The SMILES string of the molecule is CC1CCN(c2ccc(CCN)cc2)CC1C. The molecule has 2 unspecified atom stereocenters. The van der Waals surface area contributed by atoms with E-state index in [9.17, 15) is 0 Å². The van der Waals surface area contributed by atoms with Crippen LogP contribution in [0.1, 0.15) is 25.8 Å². The summed E-state index contributed by atoms with van der Waals surface area (Å²) in [5.41, 5.74) is 8.27. The summed E-state index contributed by atoms with van der Waals surface area (Å²) in [4.78, 5) is 2.51. The van der Waals surface area contributed by atoms with E-state index in [0.717, 1.165) is 24.8 Å². The van der Waals surface area contributed by atoms with Crippen LogP contribution < -0.4 is 10.6 Å². The van der Waals surface area contributed by atoms with Gasteiger partial charge in [-0.15, -0.1) is 0 Å². The molecule has 2 heteroatoms. The van der Waals surface area contributed by atoms with Gasteiger partial charge in [0.05, 0.1) is 0 Å². The molecule has 1 aromatic rings. The molecule has 0 aliphatic carbocycles. The van der Waals surface area contributed by atoms with Crippen molar-refractivity contribution in [3.63, 3.8) is 0 Å². The smallest absolute Gasteiger partial charge is 0.0366 e. The van der Waals surface area contributed by atoms with Crippen molar-refractivity contribution < 1.29 is 0 Å². The molecule has 2 N–H and O–H groups in total.